The number of nitrogens with zero attached hydrogens (tertiary/aromatic N) is 1. The van der Waals surface area contributed by atoms with Crippen LogP contribution in [-0.2, 0) is 16.0 Å². The molecule has 0 atom stereocenters. The van der Waals surface area contributed by atoms with Crippen LogP contribution < -0.4 is 5.32 Å². The lowest BCUT2D eigenvalue weighted by Crippen LogP contribution is -2.42. The second-order valence-electron chi connectivity index (χ2n) is 7.27. The minimum absolute atomic E-state index is 0.0479. The molecule has 1 fully saturated rings. The molecule has 3 rings (SSSR count). The van der Waals surface area contributed by atoms with Gasteiger partial charge in [0, 0.05) is 29.7 Å². The van der Waals surface area contributed by atoms with E-state index >= 15 is 0 Å². The van der Waals surface area contributed by atoms with Crippen LogP contribution >= 0.6 is 11.6 Å². The Morgan fingerprint density at radius 3 is 2.37 bits per heavy atom. The molecule has 1 N–H and O–H groups in total. The third kappa shape index (κ3) is 5.10. The molecule has 27 heavy (non-hydrogen) atoms. The molecule has 4 nitrogen and oxygen atoms in total. The van der Waals surface area contributed by atoms with Crippen LogP contribution in [0.3, 0.4) is 0 Å². The molecule has 2 aromatic carbocycles. The Kier molecular flexibility index (Phi) is 6.17. The normalized spacial score (nSPS) is 14.9. The molecule has 0 radical (unpaired) electrons. The summed E-state index contributed by atoms with van der Waals surface area (Å²) in [5, 5.41) is 3.71. The Bertz CT molecular complexity index is 825. The number of benzene rings is 2. The van der Waals surface area contributed by atoms with Gasteiger partial charge in [-0.2, -0.15) is 0 Å². The first-order valence-electron chi connectivity index (χ1n) is 9.32. The minimum atomic E-state index is -0.0507. The fourth-order valence-corrected chi connectivity index (χ4v) is 3.59. The van der Waals surface area contributed by atoms with Gasteiger partial charge in [-0.05, 0) is 56.0 Å². The lowest BCUT2D eigenvalue weighted by Gasteiger charge is -2.31. The first kappa shape index (κ1) is 19.4. The van der Waals surface area contributed by atoms with E-state index in [1.165, 1.54) is 5.56 Å². The Hall–Kier alpha value is -2.33. The van der Waals surface area contributed by atoms with Crippen molar-refractivity contribution < 1.29 is 9.59 Å². The quantitative estimate of drug-likeness (QED) is 0.850. The van der Waals surface area contributed by atoms with Gasteiger partial charge in [-0.1, -0.05) is 41.4 Å². The Morgan fingerprint density at radius 1 is 1.07 bits per heavy atom. The number of nitrogens with one attached hydrogen (secondary N) is 1. The molecule has 2 aromatic rings. The zero-order valence-corrected chi connectivity index (χ0v) is 16.6. The molecule has 142 valence electrons. The van der Waals surface area contributed by atoms with E-state index in [4.69, 9.17) is 11.6 Å². The van der Waals surface area contributed by atoms with Crippen molar-refractivity contribution in [2.24, 2.45) is 5.92 Å². The van der Waals surface area contributed by atoms with Crippen molar-refractivity contribution in [1.29, 1.82) is 0 Å². The second kappa shape index (κ2) is 8.57. The zero-order chi connectivity index (χ0) is 19.4. The van der Waals surface area contributed by atoms with Crippen molar-refractivity contribution in [2.45, 2.75) is 33.1 Å². The van der Waals surface area contributed by atoms with Crippen LogP contribution in [0.5, 0.6) is 0 Å². The van der Waals surface area contributed by atoms with E-state index in [1.54, 1.807) is 12.1 Å². The largest absolute Gasteiger partial charge is 0.342 e. The van der Waals surface area contributed by atoms with Crippen molar-refractivity contribution in [3.8, 4) is 0 Å². The fourth-order valence-electron chi connectivity index (χ4n) is 3.47. The van der Waals surface area contributed by atoms with Gasteiger partial charge < -0.3 is 10.2 Å². The van der Waals surface area contributed by atoms with Crippen molar-refractivity contribution in [3.05, 3.63) is 64.2 Å². The van der Waals surface area contributed by atoms with Crippen LogP contribution in [0.2, 0.25) is 5.02 Å². The van der Waals surface area contributed by atoms with Gasteiger partial charge in [0.05, 0.1) is 6.42 Å². The third-order valence-electron chi connectivity index (χ3n) is 5.13. The maximum atomic E-state index is 12.6. The average Bonchev–Trinajstić information content (AvgIpc) is 2.66. The van der Waals surface area contributed by atoms with Crippen LogP contribution in [0.25, 0.3) is 0 Å². The number of piperidine rings is 1. The monoisotopic (exact) mass is 384 g/mol. The van der Waals surface area contributed by atoms with Crippen molar-refractivity contribution in [2.75, 3.05) is 18.4 Å². The topological polar surface area (TPSA) is 49.4 Å². The predicted octanol–water partition coefficient (Wildman–Crippen LogP) is 4.38. The summed E-state index contributed by atoms with van der Waals surface area (Å²) in [7, 11) is 0. The predicted molar refractivity (Wildman–Crippen MR) is 109 cm³/mol. The number of carbonyl (C=O) groups excluding carboxylic acids is 2. The van der Waals surface area contributed by atoms with Gasteiger partial charge in [-0.25, -0.2) is 0 Å². The molecule has 1 saturated heterocycles. The van der Waals surface area contributed by atoms with Crippen LogP contribution in [0.1, 0.15) is 29.5 Å². The Labute approximate surface area is 165 Å². The first-order chi connectivity index (χ1) is 12.9. The number of amides is 2. The van der Waals surface area contributed by atoms with E-state index in [2.05, 4.69) is 11.4 Å². The molecule has 1 aliphatic rings. The van der Waals surface area contributed by atoms with Gasteiger partial charge in [0.25, 0.3) is 0 Å². The summed E-state index contributed by atoms with van der Waals surface area (Å²) < 4.78 is 0. The number of hydrogen-bond acceptors (Lipinski definition) is 2. The van der Waals surface area contributed by atoms with Gasteiger partial charge >= 0.3 is 0 Å². The zero-order valence-electron chi connectivity index (χ0n) is 15.8. The molecule has 0 saturated carbocycles. The van der Waals surface area contributed by atoms with Crippen LogP contribution in [0.15, 0.2) is 42.5 Å². The van der Waals surface area contributed by atoms with Gasteiger partial charge in [0.1, 0.15) is 0 Å². The van der Waals surface area contributed by atoms with Crippen molar-refractivity contribution >= 4 is 29.1 Å². The van der Waals surface area contributed by atoms with Crippen molar-refractivity contribution in [1.82, 2.24) is 4.90 Å². The van der Waals surface area contributed by atoms with E-state index in [1.807, 2.05) is 43.0 Å². The number of rotatable bonds is 4. The lowest BCUT2D eigenvalue weighted by molar-refractivity contribution is -0.133. The Morgan fingerprint density at radius 2 is 1.74 bits per heavy atom. The highest BCUT2D eigenvalue weighted by Gasteiger charge is 2.27. The van der Waals surface area contributed by atoms with E-state index in [0.29, 0.717) is 37.4 Å². The van der Waals surface area contributed by atoms with E-state index in [-0.39, 0.29) is 17.7 Å². The molecule has 1 aliphatic heterocycles. The summed E-state index contributed by atoms with van der Waals surface area (Å²) in [5.74, 6) is 0.0996. The van der Waals surface area contributed by atoms with Gasteiger partial charge in [0.15, 0.2) is 0 Å². The molecule has 2 amide bonds. The SMILES string of the molecule is Cc1ccc(NC(=O)C2CCN(C(=O)Cc3ccc(Cl)cc3)CC2)c(C)c1. The van der Waals surface area contributed by atoms with Gasteiger partial charge in [0.2, 0.25) is 11.8 Å². The second-order valence-corrected chi connectivity index (χ2v) is 7.70. The van der Waals surface area contributed by atoms with E-state index in [9.17, 15) is 9.59 Å². The average molecular weight is 385 g/mol. The van der Waals surface area contributed by atoms with E-state index < -0.39 is 0 Å². The molecule has 0 spiro atoms. The van der Waals surface area contributed by atoms with Crippen LogP contribution in [0.4, 0.5) is 5.69 Å². The third-order valence-corrected chi connectivity index (χ3v) is 5.38. The van der Waals surface area contributed by atoms with Crippen LogP contribution in [0, 0.1) is 19.8 Å². The molecule has 5 heteroatoms. The first-order valence-corrected chi connectivity index (χ1v) is 9.70. The standard InChI is InChI=1S/C22H25ClN2O2/c1-15-3-8-20(16(2)13-15)24-22(27)18-9-11-25(12-10-18)21(26)14-17-4-6-19(23)7-5-17/h3-8,13,18H,9-12,14H2,1-2H3,(H,24,27). The lowest BCUT2D eigenvalue weighted by atomic mass is 9.95. The number of anilines is 1. The summed E-state index contributed by atoms with van der Waals surface area (Å²) in [5.41, 5.74) is 4.07. The van der Waals surface area contributed by atoms with E-state index in [0.717, 1.165) is 16.8 Å². The van der Waals surface area contributed by atoms with Gasteiger partial charge in [-0.15, -0.1) is 0 Å². The maximum absolute atomic E-state index is 12.6. The molecule has 0 unspecified atom stereocenters. The molecular weight excluding hydrogens is 360 g/mol. The number of likely N-dealkylation sites (tertiary alicyclic amines) is 1. The summed E-state index contributed by atoms with van der Waals surface area (Å²) in [6.07, 6.45) is 1.77. The summed E-state index contributed by atoms with van der Waals surface area (Å²) >= 11 is 5.88. The molecule has 0 bridgehead atoms. The summed E-state index contributed by atoms with van der Waals surface area (Å²) in [6, 6.07) is 13.4. The molecule has 1 heterocycles. The number of aryl methyl sites for hydroxylation is 2. The highest BCUT2D eigenvalue weighted by Crippen LogP contribution is 2.22. The maximum Gasteiger partial charge on any atom is 0.227 e. The highest BCUT2D eigenvalue weighted by atomic mass is 35.5. The van der Waals surface area contributed by atoms with Crippen molar-refractivity contribution in [3.63, 3.8) is 0 Å². The van der Waals surface area contributed by atoms with Crippen LogP contribution in [-0.4, -0.2) is 29.8 Å². The fraction of sp³-hybridized carbons (Fsp3) is 0.364. The smallest absolute Gasteiger partial charge is 0.227 e. The number of halogens is 1. The van der Waals surface area contributed by atoms with Gasteiger partial charge in [-0.3, -0.25) is 9.59 Å². The minimum Gasteiger partial charge on any atom is -0.342 e. The molecule has 0 aromatic heterocycles. The summed E-state index contributed by atoms with van der Waals surface area (Å²) in [6.45, 7) is 5.28. The molecular formula is C22H25ClN2O2. The highest BCUT2D eigenvalue weighted by molar-refractivity contribution is 6.30. The summed E-state index contributed by atoms with van der Waals surface area (Å²) in [4.78, 5) is 26.9. The number of hydrogen-bond donors (Lipinski definition) is 1. The molecule has 0 aliphatic carbocycles. The Balaban J connectivity index is 1.51. The number of carbonyl (C=O) groups is 2.